The molecule has 5 rings (SSSR count). The van der Waals surface area contributed by atoms with E-state index in [9.17, 15) is 22.0 Å². The number of alkyl halides is 1. The molecule has 0 aliphatic heterocycles. The molecule has 186 valence electrons. The Morgan fingerprint density at radius 2 is 2.03 bits per heavy atom. The van der Waals surface area contributed by atoms with Gasteiger partial charge in [0.2, 0.25) is 15.0 Å². The van der Waals surface area contributed by atoms with Gasteiger partial charge in [-0.1, -0.05) is 12.1 Å². The Morgan fingerprint density at radius 3 is 2.71 bits per heavy atom. The van der Waals surface area contributed by atoms with Gasteiger partial charge >= 0.3 is 0 Å². The van der Waals surface area contributed by atoms with Crippen LogP contribution >= 0.6 is 11.3 Å². The van der Waals surface area contributed by atoms with Crippen molar-refractivity contribution < 1.29 is 17.2 Å². The molecule has 11 heteroatoms. The molecule has 1 fully saturated rings. The van der Waals surface area contributed by atoms with Gasteiger partial charge in [0, 0.05) is 47.4 Å². The van der Waals surface area contributed by atoms with Crippen LogP contribution in [0.1, 0.15) is 62.0 Å². The zero-order valence-electron chi connectivity index (χ0n) is 19.4. The van der Waals surface area contributed by atoms with Crippen molar-refractivity contribution in [1.82, 2.24) is 19.3 Å². The van der Waals surface area contributed by atoms with E-state index in [1.807, 2.05) is 13.8 Å². The molecule has 0 unspecified atom stereocenters. The Kier molecular flexibility index (Phi) is 6.13. The molecule has 2 aromatic heterocycles. The van der Waals surface area contributed by atoms with Gasteiger partial charge in [0.05, 0.1) is 17.7 Å². The van der Waals surface area contributed by atoms with Crippen LogP contribution in [0.25, 0.3) is 10.6 Å². The van der Waals surface area contributed by atoms with Gasteiger partial charge < -0.3 is 0 Å². The molecule has 2 aliphatic carbocycles. The number of hydrogen-bond acceptors (Lipinski definition) is 6. The summed E-state index contributed by atoms with van der Waals surface area (Å²) in [6.07, 6.45) is 2.49. The minimum Gasteiger partial charge on any atom is -0.296 e. The van der Waals surface area contributed by atoms with Gasteiger partial charge in [-0.15, -0.1) is 11.3 Å². The van der Waals surface area contributed by atoms with Crippen molar-refractivity contribution in [2.45, 2.75) is 69.0 Å². The summed E-state index contributed by atoms with van der Waals surface area (Å²) in [6.45, 7) is 3.74. The van der Waals surface area contributed by atoms with Gasteiger partial charge in [0.15, 0.2) is 0 Å². The number of fused-ring (bicyclic) bond motifs is 1. The average Bonchev–Trinajstić information content (AvgIpc) is 3.41. The lowest BCUT2D eigenvalue weighted by atomic mass is 9.80. The zero-order chi connectivity index (χ0) is 25.0. The molecular weight excluding hydrogens is 494 g/mol. The number of hydrogen-bond donors (Lipinski definition) is 1. The van der Waals surface area contributed by atoms with Gasteiger partial charge in [-0.05, 0) is 45.2 Å². The van der Waals surface area contributed by atoms with Crippen LogP contribution in [0.5, 0.6) is 0 Å². The van der Waals surface area contributed by atoms with E-state index in [1.54, 1.807) is 23.6 Å². The van der Waals surface area contributed by atoms with E-state index in [4.69, 9.17) is 0 Å². The van der Waals surface area contributed by atoms with E-state index in [-0.39, 0.29) is 36.7 Å². The number of benzene rings is 1. The van der Waals surface area contributed by atoms with Crippen molar-refractivity contribution in [3.8, 4) is 10.6 Å². The van der Waals surface area contributed by atoms with Crippen LogP contribution in [0, 0.1) is 5.82 Å². The summed E-state index contributed by atoms with van der Waals surface area (Å²) in [5, 5.41) is 0.0396. The molecule has 7 nitrogen and oxygen atoms in total. The number of aromatic nitrogens is 3. The van der Waals surface area contributed by atoms with Crippen LogP contribution in [-0.4, -0.2) is 34.0 Å². The van der Waals surface area contributed by atoms with Crippen molar-refractivity contribution in [3.63, 3.8) is 0 Å². The largest absolute Gasteiger partial charge is 0.296 e. The Morgan fingerprint density at radius 1 is 1.29 bits per heavy atom. The summed E-state index contributed by atoms with van der Waals surface area (Å²) in [7, 11) is -4.21. The SMILES string of the molecule is CC(C)n1cnc2c(c1=O)[C@@H](Cc1csc(-c3ccccc3F)n1)[C@@H](NS(=O)(=O)C1(F)CC1)CC2. The van der Waals surface area contributed by atoms with Crippen molar-refractivity contribution in [1.29, 1.82) is 0 Å². The van der Waals surface area contributed by atoms with E-state index < -0.39 is 27.0 Å². The van der Waals surface area contributed by atoms with Crippen molar-refractivity contribution in [3.05, 3.63) is 69.1 Å². The molecule has 2 heterocycles. The van der Waals surface area contributed by atoms with Crippen molar-refractivity contribution in [2.75, 3.05) is 0 Å². The standard InChI is InChI=1S/C24H26F2N4O3S2/c1-14(2)30-13-27-20-8-7-19(29-35(32,33)24(26)9-10-24)17(21(20)23(30)31)11-15-12-34-22(28-15)16-5-3-4-6-18(16)25/h3-6,12-14,17,19,29H,7-11H2,1-2H3/t17-,19-/m0/s1. The number of thiazole rings is 1. The van der Waals surface area contributed by atoms with Gasteiger partial charge in [0.25, 0.3) is 5.56 Å². The molecular formula is C24H26F2N4O3S2. The van der Waals surface area contributed by atoms with Crippen LogP contribution in [0.15, 0.2) is 40.8 Å². The molecule has 1 aromatic carbocycles. The van der Waals surface area contributed by atoms with Crippen LogP contribution < -0.4 is 10.3 Å². The molecule has 0 bridgehead atoms. The highest BCUT2D eigenvalue weighted by Gasteiger charge is 2.57. The van der Waals surface area contributed by atoms with E-state index in [1.165, 1.54) is 28.3 Å². The Hall–Kier alpha value is -2.50. The lowest BCUT2D eigenvalue weighted by molar-refractivity contribution is 0.372. The maximum absolute atomic E-state index is 14.6. The van der Waals surface area contributed by atoms with Crippen LogP contribution in [0.2, 0.25) is 0 Å². The second-order valence-electron chi connectivity index (χ2n) is 9.50. The number of halogens is 2. The molecule has 3 aromatic rings. The molecule has 2 aliphatic rings. The molecule has 35 heavy (non-hydrogen) atoms. The summed E-state index contributed by atoms with van der Waals surface area (Å²) < 4.78 is 58.4. The fourth-order valence-electron chi connectivity index (χ4n) is 4.59. The summed E-state index contributed by atoms with van der Waals surface area (Å²) in [6, 6.07) is 5.53. The highest BCUT2D eigenvalue weighted by Crippen LogP contribution is 2.45. The first-order chi connectivity index (χ1) is 16.6. The third kappa shape index (κ3) is 4.45. The molecule has 1 N–H and O–H groups in total. The summed E-state index contributed by atoms with van der Waals surface area (Å²) in [5.74, 6) is -0.971. The number of sulfonamides is 1. The second-order valence-corrected chi connectivity index (χ2v) is 12.3. The van der Waals surface area contributed by atoms with Gasteiger partial charge in [-0.3, -0.25) is 9.36 Å². The summed E-state index contributed by atoms with van der Waals surface area (Å²) in [5.41, 5.74) is 1.81. The summed E-state index contributed by atoms with van der Waals surface area (Å²) in [4.78, 5) is 22.5. The first-order valence-electron chi connectivity index (χ1n) is 11.6. The third-order valence-electron chi connectivity index (χ3n) is 6.74. The number of nitrogens with zero attached hydrogens (tertiary/aromatic N) is 3. The molecule has 0 amide bonds. The lowest BCUT2D eigenvalue weighted by Crippen LogP contribution is -2.48. The van der Waals surface area contributed by atoms with Crippen LogP contribution in [0.4, 0.5) is 8.78 Å². The smallest absolute Gasteiger partial charge is 0.257 e. The normalized spacial score (nSPS) is 21.2. The molecule has 0 spiro atoms. The minimum absolute atomic E-state index is 0.0316. The van der Waals surface area contributed by atoms with Crippen LogP contribution in [0.3, 0.4) is 0 Å². The van der Waals surface area contributed by atoms with E-state index >= 15 is 0 Å². The van der Waals surface area contributed by atoms with Gasteiger partial charge in [-0.2, -0.15) is 0 Å². The van der Waals surface area contributed by atoms with E-state index in [2.05, 4.69) is 14.7 Å². The number of aryl methyl sites for hydroxylation is 1. The highest BCUT2D eigenvalue weighted by molar-refractivity contribution is 7.91. The van der Waals surface area contributed by atoms with Crippen molar-refractivity contribution >= 4 is 21.4 Å². The first-order valence-corrected chi connectivity index (χ1v) is 14.0. The second kappa shape index (κ2) is 8.86. The fraction of sp³-hybridized carbons (Fsp3) is 0.458. The predicted octanol–water partition coefficient (Wildman–Crippen LogP) is 4.11. The molecule has 1 saturated carbocycles. The Bertz CT molecular complexity index is 1430. The lowest BCUT2D eigenvalue weighted by Gasteiger charge is -2.33. The quantitative estimate of drug-likeness (QED) is 0.506. The predicted molar refractivity (Wildman–Crippen MR) is 130 cm³/mol. The number of rotatable bonds is 7. The summed E-state index contributed by atoms with van der Waals surface area (Å²) >= 11 is 1.28. The topological polar surface area (TPSA) is 93.9 Å². The highest BCUT2D eigenvalue weighted by atomic mass is 32.2. The maximum Gasteiger partial charge on any atom is 0.257 e. The molecule has 2 atom stereocenters. The maximum atomic E-state index is 14.6. The third-order valence-corrected chi connectivity index (χ3v) is 9.64. The number of nitrogens with one attached hydrogen (secondary N) is 1. The molecule has 0 radical (unpaired) electrons. The Labute approximate surface area is 206 Å². The van der Waals surface area contributed by atoms with E-state index in [0.29, 0.717) is 40.4 Å². The minimum atomic E-state index is -4.21. The Balaban J connectivity index is 1.54. The van der Waals surface area contributed by atoms with Gasteiger partial charge in [-0.25, -0.2) is 31.9 Å². The monoisotopic (exact) mass is 520 g/mol. The van der Waals surface area contributed by atoms with Crippen molar-refractivity contribution in [2.24, 2.45) is 0 Å². The zero-order valence-corrected chi connectivity index (χ0v) is 21.0. The van der Waals surface area contributed by atoms with Gasteiger partial charge in [0.1, 0.15) is 10.8 Å². The van der Waals surface area contributed by atoms with Crippen LogP contribution in [-0.2, 0) is 22.9 Å². The average molecular weight is 521 g/mol. The molecule has 0 saturated heterocycles. The fourth-order valence-corrected chi connectivity index (χ4v) is 6.98. The van der Waals surface area contributed by atoms with E-state index in [0.717, 1.165) is 0 Å². The first kappa shape index (κ1) is 24.2.